The summed E-state index contributed by atoms with van der Waals surface area (Å²) in [6.45, 7) is 0. The van der Waals surface area contributed by atoms with Crippen molar-refractivity contribution in [3.8, 4) is 5.75 Å². The fourth-order valence-corrected chi connectivity index (χ4v) is 2.11. The monoisotopic (exact) mass is 235 g/mol. The molecule has 0 unspecified atom stereocenters. The van der Waals surface area contributed by atoms with Crippen molar-refractivity contribution in [3.63, 3.8) is 0 Å². The summed E-state index contributed by atoms with van der Waals surface area (Å²) in [5, 5.41) is 0. The smallest absolute Gasteiger partial charge is 0.342 e. The van der Waals surface area contributed by atoms with Gasteiger partial charge in [-0.15, -0.1) is 0 Å². The largest absolute Gasteiger partial charge is 0.496 e. The highest BCUT2D eigenvalue weighted by Crippen LogP contribution is 2.26. The van der Waals surface area contributed by atoms with Crippen molar-refractivity contribution >= 4 is 11.7 Å². The predicted octanol–water partition coefficient (Wildman–Crippen LogP) is 2.38. The number of carbonyl (C=O) groups is 1. The second kappa shape index (κ2) is 5.08. The lowest BCUT2D eigenvalue weighted by molar-refractivity contribution is 0.0314. The number of rotatable bonds is 3. The highest BCUT2D eigenvalue weighted by molar-refractivity contribution is 5.93. The van der Waals surface area contributed by atoms with E-state index >= 15 is 0 Å². The Labute approximate surface area is 101 Å². The molecule has 1 aromatic carbocycles. The van der Waals surface area contributed by atoms with Gasteiger partial charge in [0, 0.05) is 5.69 Å². The SMILES string of the molecule is COc1ccc(N)cc1C(=O)OC1CCCC1. The van der Waals surface area contributed by atoms with Crippen LogP contribution in [0.25, 0.3) is 0 Å². The van der Waals surface area contributed by atoms with E-state index in [0.717, 1.165) is 25.7 Å². The van der Waals surface area contributed by atoms with Crippen LogP contribution in [-0.2, 0) is 4.74 Å². The van der Waals surface area contributed by atoms with Gasteiger partial charge in [0.05, 0.1) is 7.11 Å². The molecule has 1 aliphatic carbocycles. The summed E-state index contributed by atoms with van der Waals surface area (Å²) in [6, 6.07) is 4.97. The number of ether oxygens (including phenoxy) is 2. The fraction of sp³-hybridized carbons (Fsp3) is 0.462. The van der Waals surface area contributed by atoms with Gasteiger partial charge in [-0.3, -0.25) is 0 Å². The van der Waals surface area contributed by atoms with Crippen LogP contribution >= 0.6 is 0 Å². The molecule has 4 nitrogen and oxygen atoms in total. The van der Waals surface area contributed by atoms with E-state index in [1.807, 2.05) is 0 Å². The van der Waals surface area contributed by atoms with Gasteiger partial charge in [-0.25, -0.2) is 4.79 Å². The number of hydrogen-bond acceptors (Lipinski definition) is 4. The lowest BCUT2D eigenvalue weighted by atomic mass is 10.2. The molecule has 4 heteroatoms. The van der Waals surface area contributed by atoms with Gasteiger partial charge in [0.2, 0.25) is 0 Å². The molecule has 0 bridgehead atoms. The molecule has 1 saturated carbocycles. The molecule has 0 radical (unpaired) electrons. The molecule has 2 N–H and O–H groups in total. The van der Waals surface area contributed by atoms with E-state index in [0.29, 0.717) is 17.0 Å². The molecule has 0 atom stereocenters. The molecular formula is C13H17NO3. The molecule has 0 spiro atoms. The average molecular weight is 235 g/mol. The summed E-state index contributed by atoms with van der Waals surface area (Å²) >= 11 is 0. The van der Waals surface area contributed by atoms with Gasteiger partial charge in [-0.1, -0.05) is 0 Å². The second-order valence-corrected chi connectivity index (χ2v) is 4.27. The fourth-order valence-electron chi connectivity index (χ4n) is 2.11. The zero-order valence-electron chi connectivity index (χ0n) is 9.94. The first-order valence-corrected chi connectivity index (χ1v) is 5.85. The number of nitrogens with two attached hydrogens (primary N) is 1. The maximum absolute atomic E-state index is 12.0. The summed E-state index contributed by atoms with van der Waals surface area (Å²) in [7, 11) is 1.53. The Kier molecular flexibility index (Phi) is 3.52. The third-order valence-electron chi connectivity index (χ3n) is 3.02. The molecule has 0 aromatic heterocycles. The lowest BCUT2D eigenvalue weighted by Crippen LogP contribution is -2.15. The van der Waals surface area contributed by atoms with Crippen LogP contribution in [0.15, 0.2) is 18.2 Å². The van der Waals surface area contributed by atoms with E-state index < -0.39 is 0 Å². The standard InChI is InChI=1S/C13H17NO3/c1-16-12-7-6-9(14)8-11(12)13(15)17-10-4-2-3-5-10/h6-8,10H,2-5,14H2,1H3. The Hall–Kier alpha value is -1.71. The van der Waals surface area contributed by atoms with Crippen molar-refractivity contribution in [2.24, 2.45) is 0 Å². The molecule has 1 fully saturated rings. The maximum Gasteiger partial charge on any atom is 0.342 e. The summed E-state index contributed by atoms with van der Waals surface area (Å²) < 4.78 is 10.5. The van der Waals surface area contributed by atoms with Crippen molar-refractivity contribution in [1.82, 2.24) is 0 Å². The molecule has 2 rings (SSSR count). The highest BCUT2D eigenvalue weighted by Gasteiger charge is 2.22. The Balaban J connectivity index is 2.14. The maximum atomic E-state index is 12.0. The van der Waals surface area contributed by atoms with Gasteiger partial charge in [0.15, 0.2) is 0 Å². The third kappa shape index (κ3) is 2.70. The van der Waals surface area contributed by atoms with Crippen LogP contribution in [0.1, 0.15) is 36.0 Å². The number of nitrogen functional groups attached to an aromatic ring is 1. The van der Waals surface area contributed by atoms with E-state index in [-0.39, 0.29) is 12.1 Å². The Morgan fingerprint density at radius 3 is 2.71 bits per heavy atom. The number of anilines is 1. The van der Waals surface area contributed by atoms with Crippen LogP contribution in [0.3, 0.4) is 0 Å². The minimum atomic E-state index is -0.346. The van der Waals surface area contributed by atoms with Gasteiger partial charge >= 0.3 is 5.97 Å². The number of benzene rings is 1. The molecular weight excluding hydrogens is 218 g/mol. The van der Waals surface area contributed by atoms with Gasteiger partial charge < -0.3 is 15.2 Å². The van der Waals surface area contributed by atoms with Crippen molar-refractivity contribution in [2.45, 2.75) is 31.8 Å². The minimum Gasteiger partial charge on any atom is -0.496 e. The average Bonchev–Trinajstić information content (AvgIpc) is 2.81. The first-order valence-electron chi connectivity index (χ1n) is 5.85. The number of esters is 1. The summed E-state index contributed by atoms with van der Waals surface area (Å²) in [5.41, 5.74) is 6.60. The van der Waals surface area contributed by atoms with Crippen molar-refractivity contribution < 1.29 is 14.3 Å². The molecule has 0 aliphatic heterocycles. The van der Waals surface area contributed by atoms with Crippen LogP contribution in [0, 0.1) is 0 Å². The Bertz CT molecular complexity index is 411. The first kappa shape index (κ1) is 11.8. The Morgan fingerprint density at radius 1 is 1.35 bits per heavy atom. The van der Waals surface area contributed by atoms with E-state index in [1.54, 1.807) is 18.2 Å². The molecule has 0 heterocycles. The van der Waals surface area contributed by atoms with Crippen molar-refractivity contribution in [1.29, 1.82) is 0 Å². The van der Waals surface area contributed by atoms with E-state index in [2.05, 4.69) is 0 Å². The molecule has 1 aromatic rings. The van der Waals surface area contributed by atoms with E-state index in [9.17, 15) is 4.79 Å². The van der Waals surface area contributed by atoms with Crippen LogP contribution in [-0.4, -0.2) is 19.2 Å². The minimum absolute atomic E-state index is 0.0497. The lowest BCUT2D eigenvalue weighted by Gasteiger charge is -2.13. The third-order valence-corrected chi connectivity index (χ3v) is 3.02. The molecule has 17 heavy (non-hydrogen) atoms. The summed E-state index contributed by atoms with van der Waals surface area (Å²) in [5.74, 6) is 0.156. The molecule has 0 saturated heterocycles. The Morgan fingerprint density at radius 2 is 2.06 bits per heavy atom. The van der Waals surface area contributed by atoms with E-state index in [4.69, 9.17) is 15.2 Å². The second-order valence-electron chi connectivity index (χ2n) is 4.27. The quantitative estimate of drug-likeness (QED) is 0.645. The van der Waals surface area contributed by atoms with Crippen molar-refractivity contribution in [2.75, 3.05) is 12.8 Å². The van der Waals surface area contributed by atoms with Crippen LogP contribution in [0.4, 0.5) is 5.69 Å². The highest BCUT2D eigenvalue weighted by atomic mass is 16.5. The van der Waals surface area contributed by atoms with Gasteiger partial charge in [-0.05, 0) is 43.9 Å². The van der Waals surface area contributed by atoms with Crippen LogP contribution < -0.4 is 10.5 Å². The van der Waals surface area contributed by atoms with Crippen LogP contribution in [0.2, 0.25) is 0 Å². The summed E-state index contributed by atoms with van der Waals surface area (Å²) in [6.07, 6.45) is 4.22. The topological polar surface area (TPSA) is 61.5 Å². The van der Waals surface area contributed by atoms with Gasteiger partial charge in [-0.2, -0.15) is 0 Å². The zero-order chi connectivity index (χ0) is 12.3. The zero-order valence-corrected chi connectivity index (χ0v) is 9.94. The number of methoxy groups -OCH3 is 1. The van der Waals surface area contributed by atoms with Gasteiger partial charge in [0.1, 0.15) is 17.4 Å². The molecule has 0 amide bonds. The molecule has 1 aliphatic rings. The van der Waals surface area contributed by atoms with Gasteiger partial charge in [0.25, 0.3) is 0 Å². The van der Waals surface area contributed by atoms with E-state index in [1.165, 1.54) is 7.11 Å². The normalized spacial score (nSPS) is 15.8. The van der Waals surface area contributed by atoms with Crippen LogP contribution in [0.5, 0.6) is 5.75 Å². The first-order chi connectivity index (χ1) is 8.20. The predicted molar refractivity (Wildman–Crippen MR) is 65.1 cm³/mol. The van der Waals surface area contributed by atoms with Crippen molar-refractivity contribution in [3.05, 3.63) is 23.8 Å². The number of carbonyl (C=O) groups excluding carboxylic acids is 1. The molecule has 92 valence electrons. The number of hydrogen-bond donors (Lipinski definition) is 1. The summed E-state index contributed by atoms with van der Waals surface area (Å²) in [4.78, 5) is 12.0.